The lowest BCUT2D eigenvalue weighted by Crippen LogP contribution is -2.08. The third-order valence-corrected chi connectivity index (χ3v) is 1.90. The Morgan fingerprint density at radius 2 is 2.25 bits per heavy atom. The first-order valence-corrected chi connectivity index (χ1v) is 4.91. The van der Waals surface area contributed by atoms with Crippen molar-refractivity contribution < 1.29 is 4.74 Å². The van der Waals surface area contributed by atoms with Crippen molar-refractivity contribution in [2.75, 3.05) is 0 Å². The summed E-state index contributed by atoms with van der Waals surface area (Å²) in [4.78, 5) is 19.3. The minimum atomic E-state index is -0.237. The van der Waals surface area contributed by atoms with Crippen LogP contribution < -0.4 is 10.3 Å². The van der Waals surface area contributed by atoms with E-state index in [2.05, 4.69) is 20.2 Å². The lowest BCUT2D eigenvalue weighted by molar-refractivity contribution is 0.232. The first-order valence-electron chi connectivity index (χ1n) is 4.91. The van der Waals surface area contributed by atoms with Crippen LogP contribution >= 0.6 is 0 Å². The second kappa shape index (κ2) is 4.18. The quantitative estimate of drug-likeness (QED) is 0.794. The molecule has 0 saturated heterocycles. The highest BCUT2D eigenvalue weighted by atomic mass is 16.5. The van der Waals surface area contributed by atoms with E-state index in [-0.39, 0.29) is 11.7 Å². The summed E-state index contributed by atoms with van der Waals surface area (Å²) >= 11 is 0. The van der Waals surface area contributed by atoms with Crippen molar-refractivity contribution in [2.45, 2.75) is 20.0 Å². The molecule has 2 N–H and O–H groups in total. The standard InChI is InChI=1S/C10H12N4O2/c1-6(2)16-10-8(9(15)13-14-10)3-7-4-11-5-12-7/h3-6H,1-2H3,(H2,13,14,15)/b7-3-. The molecule has 0 atom stereocenters. The van der Waals surface area contributed by atoms with Gasteiger partial charge in [0.2, 0.25) is 5.88 Å². The maximum atomic E-state index is 11.5. The van der Waals surface area contributed by atoms with Crippen molar-refractivity contribution in [1.82, 2.24) is 10.2 Å². The zero-order valence-corrected chi connectivity index (χ0v) is 9.02. The first kappa shape index (κ1) is 10.4. The Balaban J connectivity index is 2.35. The molecule has 0 aromatic carbocycles. The van der Waals surface area contributed by atoms with Crippen molar-refractivity contribution in [3.63, 3.8) is 0 Å². The fourth-order valence-electron chi connectivity index (χ4n) is 1.28. The van der Waals surface area contributed by atoms with Crippen LogP contribution in [0.4, 0.5) is 0 Å². The normalized spacial score (nSPS) is 16.6. The van der Waals surface area contributed by atoms with Gasteiger partial charge < -0.3 is 4.74 Å². The maximum Gasteiger partial charge on any atom is 0.275 e. The monoisotopic (exact) mass is 220 g/mol. The summed E-state index contributed by atoms with van der Waals surface area (Å²) in [5, 5.41) is 5.15. The van der Waals surface area contributed by atoms with Gasteiger partial charge in [-0.3, -0.25) is 15.0 Å². The molecule has 1 aliphatic rings. The van der Waals surface area contributed by atoms with Crippen LogP contribution in [-0.4, -0.2) is 28.9 Å². The van der Waals surface area contributed by atoms with E-state index in [4.69, 9.17) is 4.74 Å². The molecule has 0 bridgehead atoms. The van der Waals surface area contributed by atoms with Crippen LogP contribution in [0.3, 0.4) is 0 Å². The fraction of sp³-hybridized carbons (Fsp3) is 0.300. The summed E-state index contributed by atoms with van der Waals surface area (Å²) in [5.74, 6) is 0.419. The van der Waals surface area contributed by atoms with Gasteiger partial charge in [0, 0.05) is 0 Å². The van der Waals surface area contributed by atoms with Crippen molar-refractivity contribution in [2.24, 2.45) is 9.98 Å². The zero-order valence-electron chi connectivity index (χ0n) is 9.02. The molecule has 0 amide bonds. The maximum absolute atomic E-state index is 11.5. The van der Waals surface area contributed by atoms with E-state index in [1.54, 1.807) is 12.3 Å². The number of nitrogens with zero attached hydrogens (tertiary/aromatic N) is 2. The molecule has 1 aromatic rings. The van der Waals surface area contributed by atoms with Crippen LogP contribution in [-0.2, 0) is 0 Å². The Morgan fingerprint density at radius 1 is 1.44 bits per heavy atom. The number of allylic oxidation sites excluding steroid dienone is 1. The largest absolute Gasteiger partial charge is 0.475 e. The van der Waals surface area contributed by atoms with Crippen molar-refractivity contribution in [3.05, 3.63) is 21.6 Å². The van der Waals surface area contributed by atoms with E-state index in [1.165, 1.54) is 6.34 Å². The molecule has 1 aromatic heterocycles. The summed E-state index contributed by atoms with van der Waals surface area (Å²) in [5.41, 5.74) is 0.812. The highest BCUT2D eigenvalue weighted by Gasteiger charge is 2.11. The van der Waals surface area contributed by atoms with Gasteiger partial charge >= 0.3 is 0 Å². The van der Waals surface area contributed by atoms with Crippen molar-refractivity contribution in [1.29, 1.82) is 0 Å². The molecule has 16 heavy (non-hydrogen) atoms. The lowest BCUT2D eigenvalue weighted by atomic mass is 10.3. The average molecular weight is 220 g/mol. The Morgan fingerprint density at radius 3 is 2.88 bits per heavy atom. The molecule has 0 saturated carbocycles. The third kappa shape index (κ3) is 2.10. The van der Waals surface area contributed by atoms with E-state index < -0.39 is 0 Å². The van der Waals surface area contributed by atoms with E-state index in [0.29, 0.717) is 17.1 Å². The van der Waals surface area contributed by atoms with Gasteiger partial charge in [0.15, 0.2) is 0 Å². The summed E-state index contributed by atoms with van der Waals surface area (Å²) in [6.45, 7) is 3.77. The molecule has 6 nitrogen and oxygen atoms in total. The van der Waals surface area contributed by atoms with Crippen molar-refractivity contribution >= 4 is 18.6 Å². The van der Waals surface area contributed by atoms with Crippen LogP contribution in [0.25, 0.3) is 6.08 Å². The third-order valence-electron chi connectivity index (χ3n) is 1.90. The average Bonchev–Trinajstić information content (AvgIpc) is 2.82. The summed E-state index contributed by atoms with van der Waals surface area (Å²) in [6, 6.07) is 0. The molecule has 0 aliphatic carbocycles. The Bertz CT molecular complexity index is 505. The first-order chi connectivity index (χ1) is 7.66. The van der Waals surface area contributed by atoms with E-state index in [1.807, 2.05) is 13.8 Å². The molecule has 0 spiro atoms. The van der Waals surface area contributed by atoms with Gasteiger partial charge in [0.1, 0.15) is 11.9 Å². The van der Waals surface area contributed by atoms with E-state index in [9.17, 15) is 4.79 Å². The number of hydrogen-bond donors (Lipinski definition) is 2. The summed E-state index contributed by atoms with van der Waals surface area (Å²) in [7, 11) is 0. The van der Waals surface area contributed by atoms with Crippen LogP contribution in [0.5, 0.6) is 5.88 Å². The molecular formula is C10H12N4O2. The highest BCUT2D eigenvalue weighted by Crippen LogP contribution is 2.16. The van der Waals surface area contributed by atoms with Crippen LogP contribution in [0.1, 0.15) is 19.4 Å². The Kier molecular flexibility index (Phi) is 2.72. The second-order valence-corrected chi connectivity index (χ2v) is 3.58. The van der Waals surface area contributed by atoms with Crippen LogP contribution in [0.15, 0.2) is 20.5 Å². The number of aromatic amines is 2. The minimum absolute atomic E-state index is 0.00986. The number of hydrogen-bond acceptors (Lipinski definition) is 4. The number of rotatable bonds is 3. The second-order valence-electron chi connectivity index (χ2n) is 3.58. The topological polar surface area (TPSA) is 82.6 Å². The van der Waals surface area contributed by atoms with E-state index >= 15 is 0 Å². The number of aliphatic imine (C=N–C) groups is 2. The van der Waals surface area contributed by atoms with Gasteiger partial charge in [0.05, 0.1) is 18.0 Å². The van der Waals surface area contributed by atoms with Gasteiger partial charge in [0.25, 0.3) is 5.56 Å². The zero-order chi connectivity index (χ0) is 11.5. The van der Waals surface area contributed by atoms with Gasteiger partial charge in [-0.15, -0.1) is 0 Å². The van der Waals surface area contributed by atoms with Crippen LogP contribution in [0, 0.1) is 0 Å². The number of nitrogens with one attached hydrogen (secondary N) is 2. The number of H-pyrrole nitrogens is 2. The van der Waals surface area contributed by atoms with Gasteiger partial charge in [-0.05, 0) is 19.9 Å². The molecule has 0 fully saturated rings. The van der Waals surface area contributed by atoms with Gasteiger partial charge in [-0.1, -0.05) is 0 Å². The SMILES string of the molecule is CC(C)Oc1[nH][nH]c(=O)c1/C=C1/C=NC=N1. The smallest absolute Gasteiger partial charge is 0.275 e. The molecule has 84 valence electrons. The minimum Gasteiger partial charge on any atom is -0.475 e. The highest BCUT2D eigenvalue weighted by molar-refractivity contribution is 5.95. The Labute approximate surface area is 91.8 Å². The van der Waals surface area contributed by atoms with Gasteiger partial charge in [-0.2, -0.15) is 0 Å². The molecule has 0 radical (unpaired) electrons. The number of ether oxygens (including phenoxy) is 1. The molecule has 1 aliphatic heterocycles. The van der Waals surface area contributed by atoms with Crippen molar-refractivity contribution in [3.8, 4) is 5.88 Å². The molecule has 2 heterocycles. The predicted molar refractivity (Wildman–Crippen MR) is 62.1 cm³/mol. The molecule has 0 unspecified atom stereocenters. The predicted octanol–water partition coefficient (Wildman–Crippen LogP) is 0.944. The fourth-order valence-corrected chi connectivity index (χ4v) is 1.28. The molecular weight excluding hydrogens is 208 g/mol. The number of aromatic nitrogens is 2. The molecule has 6 heteroatoms. The van der Waals surface area contributed by atoms with Crippen LogP contribution in [0.2, 0.25) is 0 Å². The lowest BCUT2D eigenvalue weighted by Gasteiger charge is -2.07. The Hall–Kier alpha value is -2.11. The van der Waals surface area contributed by atoms with Gasteiger partial charge in [-0.25, -0.2) is 9.98 Å². The summed E-state index contributed by atoms with van der Waals surface area (Å²) in [6.07, 6.45) is 4.62. The van der Waals surface area contributed by atoms with E-state index in [0.717, 1.165) is 0 Å². The molecule has 2 rings (SSSR count). The summed E-state index contributed by atoms with van der Waals surface area (Å²) < 4.78 is 5.45.